The number of Topliss-reactive ketones (excluding diaryl/α,β-unsaturated/α-hetero) is 1. The zero-order valence-corrected chi connectivity index (χ0v) is 16.1. The van der Waals surface area contributed by atoms with Crippen LogP contribution in [0.1, 0.15) is 70.4 Å². The second-order valence-electron chi connectivity index (χ2n) is 7.26. The molecule has 27 heavy (non-hydrogen) atoms. The predicted molar refractivity (Wildman–Crippen MR) is 104 cm³/mol. The second kappa shape index (κ2) is 7.39. The third-order valence-corrected chi connectivity index (χ3v) is 4.99. The molecular formula is C21H25N3O3. The Labute approximate surface area is 158 Å². The van der Waals surface area contributed by atoms with E-state index in [0.717, 1.165) is 24.1 Å². The summed E-state index contributed by atoms with van der Waals surface area (Å²) in [5.41, 5.74) is 4.05. The lowest BCUT2D eigenvalue weighted by molar-refractivity contribution is -0.117. The third kappa shape index (κ3) is 4.10. The number of aromatic amines is 1. The first kappa shape index (κ1) is 18.9. The number of ketones is 1. The van der Waals surface area contributed by atoms with Gasteiger partial charge < -0.3 is 15.6 Å². The van der Waals surface area contributed by atoms with Gasteiger partial charge in [0, 0.05) is 22.9 Å². The summed E-state index contributed by atoms with van der Waals surface area (Å²) >= 11 is 0. The van der Waals surface area contributed by atoms with Crippen molar-refractivity contribution in [2.45, 2.75) is 46.6 Å². The van der Waals surface area contributed by atoms with E-state index in [1.54, 1.807) is 13.8 Å². The van der Waals surface area contributed by atoms with Crippen LogP contribution in [-0.4, -0.2) is 22.6 Å². The fourth-order valence-corrected chi connectivity index (χ4v) is 3.30. The molecule has 3 rings (SSSR count). The molecule has 1 atom stereocenters. The molecular weight excluding hydrogens is 342 g/mol. The Bertz CT molecular complexity index is 892. The Morgan fingerprint density at radius 1 is 1.11 bits per heavy atom. The summed E-state index contributed by atoms with van der Waals surface area (Å²) in [7, 11) is 0. The number of aryl methyl sites for hydroxylation is 1. The molecule has 0 radical (unpaired) electrons. The quantitative estimate of drug-likeness (QED) is 0.680. The predicted octanol–water partition coefficient (Wildman–Crippen LogP) is 3.67. The highest BCUT2D eigenvalue weighted by molar-refractivity contribution is 6.02. The smallest absolute Gasteiger partial charge is 0.268 e. The largest absolute Gasteiger partial charge is 0.354 e. The van der Waals surface area contributed by atoms with Gasteiger partial charge in [0.15, 0.2) is 5.78 Å². The summed E-state index contributed by atoms with van der Waals surface area (Å²) < 4.78 is 0. The van der Waals surface area contributed by atoms with Crippen molar-refractivity contribution in [3.05, 3.63) is 52.3 Å². The van der Waals surface area contributed by atoms with Crippen molar-refractivity contribution in [2.75, 3.05) is 5.32 Å². The number of H-pyrrole nitrogens is 1. The Morgan fingerprint density at radius 3 is 2.26 bits per heavy atom. The van der Waals surface area contributed by atoms with Gasteiger partial charge in [0.25, 0.3) is 5.91 Å². The molecule has 0 unspecified atom stereocenters. The van der Waals surface area contributed by atoms with Crippen molar-refractivity contribution in [3.8, 4) is 0 Å². The zero-order chi connectivity index (χ0) is 19.7. The molecule has 6 heteroatoms. The number of benzene rings is 1. The number of nitrogens with one attached hydrogen (secondary N) is 3. The standard InChI is InChI=1S/C21H25N3O3/c1-11-18(14(4)25)13(3)22-19(11)21(27)23-12(2)15-7-9-17(10-8-15)24-20(26)16-5-6-16/h7-10,12,16,22H,5-6H2,1-4H3,(H,23,27)(H,24,26)/t12-/m0/s1. The molecule has 1 aliphatic carbocycles. The summed E-state index contributed by atoms with van der Waals surface area (Å²) in [6.45, 7) is 6.96. The first-order chi connectivity index (χ1) is 12.8. The Hall–Kier alpha value is -2.89. The number of rotatable bonds is 6. The van der Waals surface area contributed by atoms with Crippen molar-refractivity contribution < 1.29 is 14.4 Å². The molecule has 1 aromatic heterocycles. The number of aromatic nitrogens is 1. The molecule has 0 saturated heterocycles. The average molecular weight is 367 g/mol. The number of carbonyl (C=O) groups excluding carboxylic acids is 3. The summed E-state index contributed by atoms with van der Waals surface area (Å²) in [6, 6.07) is 7.25. The van der Waals surface area contributed by atoms with Crippen LogP contribution in [0.4, 0.5) is 5.69 Å². The fraction of sp³-hybridized carbons (Fsp3) is 0.381. The van der Waals surface area contributed by atoms with Gasteiger partial charge in [-0.3, -0.25) is 14.4 Å². The molecule has 1 fully saturated rings. The molecule has 6 nitrogen and oxygen atoms in total. The highest BCUT2D eigenvalue weighted by atomic mass is 16.2. The molecule has 2 aromatic rings. The fourth-order valence-electron chi connectivity index (χ4n) is 3.30. The van der Waals surface area contributed by atoms with E-state index in [1.807, 2.05) is 31.2 Å². The Kier molecular flexibility index (Phi) is 5.17. The third-order valence-electron chi connectivity index (χ3n) is 4.99. The molecule has 1 saturated carbocycles. The van der Waals surface area contributed by atoms with Crippen LogP contribution in [-0.2, 0) is 4.79 Å². The minimum Gasteiger partial charge on any atom is -0.354 e. The number of amides is 2. The van der Waals surface area contributed by atoms with Gasteiger partial charge in [-0.25, -0.2) is 0 Å². The number of hydrogen-bond donors (Lipinski definition) is 3. The van der Waals surface area contributed by atoms with Gasteiger partial charge in [0.1, 0.15) is 5.69 Å². The van der Waals surface area contributed by atoms with Crippen LogP contribution in [0.25, 0.3) is 0 Å². The van der Waals surface area contributed by atoms with Gasteiger partial charge >= 0.3 is 0 Å². The van der Waals surface area contributed by atoms with E-state index in [0.29, 0.717) is 22.5 Å². The average Bonchev–Trinajstić information content (AvgIpc) is 3.40. The normalized spacial score (nSPS) is 14.5. The molecule has 2 amide bonds. The van der Waals surface area contributed by atoms with E-state index in [-0.39, 0.29) is 29.6 Å². The second-order valence-corrected chi connectivity index (χ2v) is 7.26. The maximum Gasteiger partial charge on any atom is 0.268 e. The Balaban J connectivity index is 1.67. The van der Waals surface area contributed by atoms with Crippen LogP contribution in [0.5, 0.6) is 0 Å². The molecule has 3 N–H and O–H groups in total. The van der Waals surface area contributed by atoms with Crippen LogP contribution in [0.3, 0.4) is 0 Å². The van der Waals surface area contributed by atoms with E-state index in [9.17, 15) is 14.4 Å². The first-order valence-corrected chi connectivity index (χ1v) is 9.19. The van der Waals surface area contributed by atoms with E-state index < -0.39 is 0 Å². The van der Waals surface area contributed by atoms with E-state index in [2.05, 4.69) is 15.6 Å². The van der Waals surface area contributed by atoms with Gasteiger partial charge in [0.05, 0.1) is 6.04 Å². The van der Waals surface area contributed by atoms with Crippen molar-refractivity contribution in [1.82, 2.24) is 10.3 Å². The minimum atomic E-state index is -0.248. The highest BCUT2D eigenvalue weighted by Crippen LogP contribution is 2.30. The Morgan fingerprint density at radius 2 is 1.74 bits per heavy atom. The molecule has 0 aliphatic heterocycles. The lowest BCUT2D eigenvalue weighted by atomic mass is 10.1. The first-order valence-electron chi connectivity index (χ1n) is 9.19. The monoisotopic (exact) mass is 367 g/mol. The maximum atomic E-state index is 12.6. The topological polar surface area (TPSA) is 91.1 Å². The summed E-state index contributed by atoms with van der Waals surface area (Å²) in [4.78, 5) is 39.2. The molecule has 0 bridgehead atoms. The maximum absolute atomic E-state index is 12.6. The number of hydrogen-bond acceptors (Lipinski definition) is 3. The van der Waals surface area contributed by atoms with Crippen molar-refractivity contribution >= 4 is 23.3 Å². The lowest BCUT2D eigenvalue weighted by Gasteiger charge is -2.15. The SMILES string of the molecule is CC(=O)c1c(C)[nH]c(C(=O)N[C@@H](C)c2ccc(NC(=O)C3CC3)cc2)c1C. The molecule has 142 valence electrons. The van der Waals surface area contributed by atoms with Crippen LogP contribution < -0.4 is 10.6 Å². The summed E-state index contributed by atoms with van der Waals surface area (Å²) in [5, 5.41) is 5.85. The number of carbonyl (C=O) groups is 3. The zero-order valence-electron chi connectivity index (χ0n) is 16.1. The highest BCUT2D eigenvalue weighted by Gasteiger charge is 2.29. The van der Waals surface area contributed by atoms with Gasteiger partial charge in [0.2, 0.25) is 5.91 Å². The molecule has 0 spiro atoms. The molecule has 1 aliphatic rings. The van der Waals surface area contributed by atoms with Crippen LogP contribution in [0.15, 0.2) is 24.3 Å². The number of anilines is 1. The van der Waals surface area contributed by atoms with Gasteiger partial charge in [-0.15, -0.1) is 0 Å². The van der Waals surface area contributed by atoms with Crippen LogP contribution >= 0.6 is 0 Å². The van der Waals surface area contributed by atoms with Crippen LogP contribution in [0.2, 0.25) is 0 Å². The summed E-state index contributed by atoms with van der Waals surface area (Å²) in [6.07, 6.45) is 1.94. The van der Waals surface area contributed by atoms with Crippen molar-refractivity contribution in [1.29, 1.82) is 0 Å². The van der Waals surface area contributed by atoms with E-state index in [1.165, 1.54) is 6.92 Å². The van der Waals surface area contributed by atoms with Gasteiger partial charge in [-0.1, -0.05) is 12.1 Å². The van der Waals surface area contributed by atoms with E-state index >= 15 is 0 Å². The van der Waals surface area contributed by atoms with Crippen molar-refractivity contribution in [2.24, 2.45) is 5.92 Å². The van der Waals surface area contributed by atoms with E-state index in [4.69, 9.17) is 0 Å². The molecule has 1 heterocycles. The van der Waals surface area contributed by atoms with Gasteiger partial charge in [-0.05, 0) is 63.8 Å². The lowest BCUT2D eigenvalue weighted by Crippen LogP contribution is -2.27. The summed E-state index contributed by atoms with van der Waals surface area (Å²) in [5.74, 6) is -0.0721. The van der Waals surface area contributed by atoms with Gasteiger partial charge in [-0.2, -0.15) is 0 Å². The van der Waals surface area contributed by atoms with Crippen molar-refractivity contribution in [3.63, 3.8) is 0 Å². The van der Waals surface area contributed by atoms with Crippen LogP contribution in [0, 0.1) is 19.8 Å². The minimum absolute atomic E-state index is 0.0582. The molecule has 1 aromatic carbocycles.